The molecule has 0 aliphatic heterocycles. The van der Waals surface area contributed by atoms with Crippen LogP contribution in [0, 0.1) is 0 Å². The van der Waals surface area contributed by atoms with Gasteiger partial charge in [0.2, 0.25) is 17.2 Å². The van der Waals surface area contributed by atoms with Gasteiger partial charge in [-0.2, -0.15) is 15.0 Å². The zero-order valence-electron chi connectivity index (χ0n) is 11.4. The first-order valence-corrected chi connectivity index (χ1v) is 6.80. The van der Waals surface area contributed by atoms with Crippen molar-refractivity contribution in [3.8, 4) is 0 Å². The third kappa shape index (κ3) is 4.51. The molecule has 2 rings (SSSR count). The van der Waals surface area contributed by atoms with Crippen LogP contribution in [0.25, 0.3) is 0 Å². The molecule has 1 aromatic heterocycles. The Balaban J connectivity index is 2.21. The van der Waals surface area contributed by atoms with Gasteiger partial charge in [-0.3, -0.25) is 0 Å². The van der Waals surface area contributed by atoms with E-state index in [1.54, 1.807) is 12.1 Å². The van der Waals surface area contributed by atoms with Crippen LogP contribution in [-0.4, -0.2) is 20.5 Å². The second kappa shape index (κ2) is 5.81. The first-order chi connectivity index (χ1) is 9.32. The van der Waals surface area contributed by atoms with Gasteiger partial charge in [0.05, 0.1) is 0 Å². The summed E-state index contributed by atoms with van der Waals surface area (Å²) in [7, 11) is 0. The van der Waals surface area contributed by atoms with Crippen LogP contribution in [0.15, 0.2) is 24.3 Å². The van der Waals surface area contributed by atoms with Gasteiger partial charge in [-0.15, -0.1) is 0 Å². The minimum Gasteiger partial charge on any atom is -0.349 e. The molecular formula is C13H15Cl2N5. The summed E-state index contributed by atoms with van der Waals surface area (Å²) in [5.74, 6) is 0.799. The van der Waals surface area contributed by atoms with Gasteiger partial charge in [0.15, 0.2) is 0 Å². The van der Waals surface area contributed by atoms with Gasteiger partial charge in [0.25, 0.3) is 0 Å². The van der Waals surface area contributed by atoms with Crippen LogP contribution in [0.2, 0.25) is 10.3 Å². The van der Waals surface area contributed by atoms with E-state index in [-0.39, 0.29) is 10.8 Å². The van der Waals surface area contributed by atoms with Crippen molar-refractivity contribution in [1.82, 2.24) is 15.0 Å². The van der Waals surface area contributed by atoms with Crippen molar-refractivity contribution in [2.45, 2.75) is 26.3 Å². The average molecular weight is 312 g/mol. The topological polar surface area (TPSA) is 62.7 Å². The van der Waals surface area contributed by atoms with Crippen LogP contribution in [0.3, 0.4) is 0 Å². The molecule has 0 bridgehead atoms. The minimum atomic E-state index is -0.164. The molecule has 0 aliphatic rings. The smallest absolute Gasteiger partial charge is 0.233 e. The Hall–Kier alpha value is -1.59. The molecular weight excluding hydrogens is 297 g/mol. The molecule has 106 valence electrons. The summed E-state index contributed by atoms with van der Waals surface area (Å²) in [5.41, 5.74) is 0.653. The van der Waals surface area contributed by atoms with Crippen LogP contribution in [0.4, 0.5) is 17.6 Å². The molecule has 0 aliphatic carbocycles. The molecule has 0 radical (unpaired) electrons. The summed E-state index contributed by atoms with van der Waals surface area (Å²) in [6, 6.07) is 7.22. The molecule has 2 N–H and O–H groups in total. The summed E-state index contributed by atoms with van der Waals surface area (Å²) in [4.78, 5) is 12.4. The number of hydrogen-bond donors (Lipinski definition) is 2. The van der Waals surface area contributed by atoms with Gasteiger partial charge in [0.1, 0.15) is 0 Å². The fraction of sp³-hybridized carbons (Fsp3) is 0.308. The van der Waals surface area contributed by atoms with Gasteiger partial charge in [0, 0.05) is 16.2 Å². The van der Waals surface area contributed by atoms with Crippen molar-refractivity contribution in [2.24, 2.45) is 0 Å². The fourth-order valence-corrected chi connectivity index (χ4v) is 1.75. The zero-order chi connectivity index (χ0) is 14.8. The normalized spacial score (nSPS) is 11.2. The average Bonchev–Trinajstić information content (AvgIpc) is 2.29. The van der Waals surface area contributed by atoms with Crippen molar-refractivity contribution in [1.29, 1.82) is 0 Å². The van der Waals surface area contributed by atoms with E-state index in [4.69, 9.17) is 23.2 Å². The second-order valence-corrected chi connectivity index (χ2v) is 6.03. The number of anilines is 3. The molecule has 0 atom stereocenters. The molecule has 7 heteroatoms. The van der Waals surface area contributed by atoms with Gasteiger partial charge in [-0.25, -0.2) is 0 Å². The Kier molecular flexibility index (Phi) is 4.30. The molecule has 20 heavy (non-hydrogen) atoms. The highest BCUT2D eigenvalue weighted by molar-refractivity contribution is 6.30. The zero-order valence-corrected chi connectivity index (χ0v) is 12.9. The number of rotatable bonds is 3. The van der Waals surface area contributed by atoms with Crippen LogP contribution in [0.1, 0.15) is 20.8 Å². The molecule has 0 saturated heterocycles. The molecule has 1 heterocycles. The van der Waals surface area contributed by atoms with Gasteiger partial charge < -0.3 is 10.6 Å². The van der Waals surface area contributed by atoms with Crippen molar-refractivity contribution in [3.05, 3.63) is 34.6 Å². The Morgan fingerprint density at radius 2 is 1.50 bits per heavy atom. The van der Waals surface area contributed by atoms with E-state index in [9.17, 15) is 0 Å². The monoisotopic (exact) mass is 311 g/mol. The quantitative estimate of drug-likeness (QED) is 0.892. The predicted molar refractivity (Wildman–Crippen MR) is 82.9 cm³/mol. The lowest BCUT2D eigenvalue weighted by molar-refractivity contribution is 0.625. The van der Waals surface area contributed by atoms with Gasteiger partial charge in [-0.05, 0) is 56.6 Å². The van der Waals surface area contributed by atoms with E-state index in [0.717, 1.165) is 5.69 Å². The Bertz CT molecular complexity index is 593. The summed E-state index contributed by atoms with van der Waals surface area (Å²) in [6.45, 7) is 6.03. The van der Waals surface area contributed by atoms with Crippen molar-refractivity contribution in [2.75, 3.05) is 10.6 Å². The SMILES string of the molecule is CC(C)(C)Nc1nc(Cl)nc(Nc2ccc(Cl)cc2)n1. The standard InChI is InChI=1S/C13H15Cl2N5/c1-13(2,3)20-12-18-10(15)17-11(19-12)16-9-6-4-8(14)5-7-9/h4-7H,1-3H3,(H2,16,17,18,19,20). The second-order valence-electron chi connectivity index (χ2n) is 5.26. The minimum absolute atomic E-state index is 0.128. The predicted octanol–water partition coefficient (Wildman–Crippen LogP) is 4.13. The maximum Gasteiger partial charge on any atom is 0.233 e. The fourth-order valence-electron chi connectivity index (χ4n) is 1.46. The molecule has 1 aromatic carbocycles. The summed E-state index contributed by atoms with van der Waals surface area (Å²) in [5, 5.41) is 7.00. The van der Waals surface area contributed by atoms with Crippen LogP contribution in [0.5, 0.6) is 0 Å². The number of nitrogens with zero attached hydrogens (tertiary/aromatic N) is 3. The van der Waals surface area contributed by atoms with E-state index in [1.807, 2.05) is 32.9 Å². The number of nitrogens with one attached hydrogen (secondary N) is 2. The Labute approximate surface area is 127 Å². The number of aromatic nitrogens is 3. The summed E-state index contributed by atoms with van der Waals surface area (Å²) < 4.78 is 0. The Morgan fingerprint density at radius 3 is 2.10 bits per heavy atom. The maximum atomic E-state index is 5.91. The lowest BCUT2D eigenvalue weighted by Crippen LogP contribution is -2.27. The lowest BCUT2D eigenvalue weighted by Gasteiger charge is -2.20. The Morgan fingerprint density at radius 1 is 0.900 bits per heavy atom. The molecule has 0 saturated carbocycles. The summed E-state index contributed by atoms with van der Waals surface area (Å²) >= 11 is 11.7. The first-order valence-electron chi connectivity index (χ1n) is 6.04. The van der Waals surface area contributed by atoms with Crippen LogP contribution < -0.4 is 10.6 Å². The molecule has 0 spiro atoms. The van der Waals surface area contributed by atoms with E-state index in [2.05, 4.69) is 25.6 Å². The van der Waals surface area contributed by atoms with E-state index in [1.165, 1.54) is 0 Å². The van der Waals surface area contributed by atoms with Gasteiger partial charge >= 0.3 is 0 Å². The lowest BCUT2D eigenvalue weighted by atomic mass is 10.1. The molecule has 0 unspecified atom stereocenters. The van der Waals surface area contributed by atoms with Crippen molar-refractivity contribution in [3.63, 3.8) is 0 Å². The van der Waals surface area contributed by atoms with Crippen LogP contribution >= 0.6 is 23.2 Å². The number of benzene rings is 1. The van der Waals surface area contributed by atoms with E-state index < -0.39 is 0 Å². The first kappa shape index (κ1) is 14.8. The van der Waals surface area contributed by atoms with E-state index >= 15 is 0 Å². The molecule has 0 fully saturated rings. The highest BCUT2D eigenvalue weighted by Gasteiger charge is 2.13. The number of hydrogen-bond acceptors (Lipinski definition) is 5. The van der Waals surface area contributed by atoms with E-state index in [0.29, 0.717) is 16.9 Å². The van der Waals surface area contributed by atoms with Crippen molar-refractivity contribution < 1.29 is 0 Å². The third-order valence-electron chi connectivity index (χ3n) is 2.20. The van der Waals surface area contributed by atoms with Gasteiger partial charge in [-0.1, -0.05) is 11.6 Å². The third-order valence-corrected chi connectivity index (χ3v) is 2.62. The number of halogens is 2. The molecule has 5 nitrogen and oxygen atoms in total. The van der Waals surface area contributed by atoms with Crippen molar-refractivity contribution >= 4 is 40.8 Å². The largest absolute Gasteiger partial charge is 0.349 e. The van der Waals surface area contributed by atoms with Crippen LogP contribution in [-0.2, 0) is 0 Å². The highest BCUT2D eigenvalue weighted by atomic mass is 35.5. The summed E-state index contributed by atoms with van der Waals surface area (Å²) in [6.07, 6.45) is 0. The molecule has 0 amide bonds. The highest BCUT2D eigenvalue weighted by Crippen LogP contribution is 2.19. The maximum absolute atomic E-state index is 5.91. The molecule has 2 aromatic rings.